The number of aromatic amines is 2. The Bertz CT molecular complexity index is 1410. The molecule has 0 aliphatic heterocycles. The van der Waals surface area contributed by atoms with Crippen molar-refractivity contribution in [3.63, 3.8) is 0 Å². The fourth-order valence-corrected chi connectivity index (χ4v) is 5.24. The highest BCUT2D eigenvalue weighted by molar-refractivity contribution is 9.10. The number of hydrogen-bond donors (Lipinski definition) is 2. The molecule has 0 aliphatic carbocycles. The smallest absolute Gasteiger partial charge is 0.260 e. The Kier molecular flexibility index (Phi) is 5.47. The van der Waals surface area contributed by atoms with E-state index in [2.05, 4.69) is 36.1 Å². The molecular formula is C22H16BrN5OS2. The van der Waals surface area contributed by atoms with Crippen LogP contribution in [0.25, 0.3) is 32.7 Å². The summed E-state index contributed by atoms with van der Waals surface area (Å²) in [6, 6.07) is 17.7. The number of thioether (sulfide) groups is 1. The Morgan fingerprint density at radius 3 is 2.58 bits per heavy atom. The summed E-state index contributed by atoms with van der Waals surface area (Å²) in [5, 5.41) is 10.4. The molecule has 1 atom stereocenters. The maximum atomic E-state index is 12.9. The molecule has 0 saturated heterocycles. The summed E-state index contributed by atoms with van der Waals surface area (Å²) in [6.45, 7) is 1.98. The van der Waals surface area contributed by atoms with E-state index in [9.17, 15) is 4.79 Å². The van der Waals surface area contributed by atoms with Crippen molar-refractivity contribution in [3.8, 4) is 22.5 Å². The van der Waals surface area contributed by atoms with Crippen LogP contribution in [0, 0.1) is 0 Å². The lowest BCUT2D eigenvalue weighted by Gasteiger charge is -2.08. The molecule has 154 valence electrons. The predicted molar refractivity (Wildman–Crippen MR) is 129 cm³/mol. The molecule has 5 aromatic rings. The van der Waals surface area contributed by atoms with Crippen molar-refractivity contribution < 1.29 is 0 Å². The molecule has 1 unspecified atom stereocenters. The van der Waals surface area contributed by atoms with E-state index in [4.69, 9.17) is 4.98 Å². The fourth-order valence-electron chi connectivity index (χ4n) is 3.24. The second-order valence-electron chi connectivity index (χ2n) is 6.88. The number of nitrogens with zero attached hydrogens (tertiary/aromatic N) is 3. The summed E-state index contributed by atoms with van der Waals surface area (Å²) in [4.78, 5) is 25.9. The first-order valence-corrected chi connectivity index (χ1v) is 12.1. The Labute approximate surface area is 194 Å². The van der Waals surface area contributed by atoms with Gasteiger partial charge in [-0.3, -0.25) is 9.89 Å². The van der Waals surface area contributed by atoms with E-state index in [-0.39, 0.29) is 10.8 Å². The summed E-state index contributed by atoms with van der Waals surface area (Å²) in [5.74, 6) is 1.31. The van der Waals surface area contributed by atoms with Crippen molar-refractivity contribution in [1.29, 1.82) is 0 Å². The maximum absolute atomic E-state index is 12.9. The third-order valence-corrected chi connectivity index (χ3v) is 7.17. The molecule has 5 rings (SSSR count). The Balaban J connectivity index is 1.41. The van der Waals surface area contributed by atoms with Crippen LogP contribution < -0.4 is 5.56 Å². The fraction of sp³-hybridized carbons (Fsp3) is 0.0909. The predicted octanol–water partition coefficient (Wildman–Crippen LogP) is 6.05. The minimum atomic E-state index is -0.127. The molecule has 3 heterocycles. The van der Waals surface area contributed by atoms with Crippen LogP contribution in [-0.2, 0) is 0 Å². The molecule has 31 heavy (non-hydrogen) atoms. The largest absolute Gasteiger partial charge is 0.309 e. The number of rotatable bonds is 5. The van der Waals surface area contributed by atoms with Gasteiger partial charge in [-0.1, -0.05) is 70.2 Å². The highest BCUT2D eigenvalue weighted by Gasteiger charge is 2.18. The van der Waals surface area contributed by atoms with Gasteiger partial charge < -0.3 is 4.98 Å². The van der Waals surface area contributed by atoms with E-state index in [1.54, 1.807) is 0 Å². The van der Waals surface area contributed by atoms with Gasteiger partial charge >= 0.3 is 0 Å². The number of fused-ring (bicyclic) bond motifs is 1. The lowest BCUT2D eigenvalue weighted by molar-refractivity contribution is 0.906. The molecule has 0 amide bonds. The van der Waals surface area contributed by atoms with Crippen molar-refractivity contribution in [1.82, 2.24) is 25.1 Å². The lowest BCUT2D eigenvalue weighted by Crippen LogP contribution is -2.12. The number of H-pyrrole nitrogens is 2. The van der Waals surface area contributed by atoms with E-state index in [1.165, 1.54) is 23.1 Å². The SMILES string of the molecule is CC(Sc1n[nH]c(-c2ccc(Br)cc2)n1)c1nc2scc(-c3ccccc3)c2c(=O)[nH]1. The molecule has 0 aliphatic rings. The highest BCUT2D eigenvalue weighted by Crippen LogP contribution is 2.34. The van der Waals surface area contributed by atoms with Crippen LogP contribution in [0.5, 0.6) is 0 Å². The molecule has 0 saturated carbocycles. The first-order chi connectivity index (χ1) is 15.1. The maximum Gasteiger partial charge on any atom is 0.260 e. The van der Waals surface area contributed by atoms with Gasteiger partial charge in [0, 0.05) is 21.0 Å². The number of halogens is 1. The van der Waals surface area contributed by atoms with Gasteiger partial charge in [-0.2, -0.15) is 0 Å². The van der Waals surface area contributed by atoms with Crippen molar-refractivity contribution >= 4 is 49.2 Å². The quantitative estimate of drug-likeness (QED) is 0.281. The van der Waals surface area contributed by atoms with Crippen LogP contribution >= 0.6 is 39.0 Å². The van der Waals surface area contributed by atoms with Crippen molar-refractivity contribution in [2.75, 3.05) is 0 Å². The van der Waals surface area contributed by atoms with Gasteiger partial charge in [-0.05, 0) is 24.6 Å². The van der Waals surface area contributed by atoms with Gasteiger partial charge in [0.2, 0.25) is 5.16 Å². The molecule has 2 aromatic carbocycles. The van der Waals surface area contributed by atoms with E-state index < -0.39 is 0 Å². The molecule has 6 nitrogen and oxygen atoms in total. The number of aromatic nitrogens is 5. The molecule has 0 radical (unpaired) electrons. The van der Waals surface area contributed by atoms with Crippen LogP contribution in [-0.4, -0.2) is 25.1 Å². The number of hydrogen-bond acceptors (Lipinski definition) is 6. The topological polar surface area (TPSA) is 87.3 Å². The molecule has 2 N–H and O–H groups in total. The molecule has 0 bridgehead atoms. The lowest BCUT2D eigenvalue weighted by atomic mass is 10.1. The first-order valence-electron chi connectivity index (χ1n) is 9.50. The monoisotopic (exact) mass is 509 g/mol. The van der Waals surface area contributed by atoms with E-state index >= 15 is 0 Å². The summed E-state index contributed by atoms with van der Waals surface area (Å²) in [7, 11) is 0. The zero-order chi connectivity index (χ0) is 21.4. The molecular weight excluding hydrogens is 494 g/mol. The minimum absolute atomic E-state index is 0.118. The Morgan fingerprint density at radius 1 is 1.03 bits per heavy atom. The number of thiophene rings is 1. The standard InChI is InChI=1S/C22H16BrN5OS2/c1-12(31-22-26-19(27-28-22)14-7-9-15(23)10-8-14)18-24-20(29)17-16(11-30-21(17)25-18)13-5-3-2-4-6-13/h2-12H,1H3,(H,24,25,29)(H,26,27,28). The van der Waals surface area contributed by atoms with E-state index in [1.807, 2.05) is 66.9 Å². The van der Waals surface area contributed by atoms with Gasteiger partial charge in [0.05, 0.1) is 10.6 Å². The normalized spacial score (nSPS) is 12.3. The van der Waals surface area contributed by atoms with Crippen molar-refractivity contribution in [2.24, 2.45) is 0 Å². The van der Waals surface area contributed by atoms with Crippen LogP contribution in [0.3, 0.4) is 0 Å². The zero-order valence-electron chi connectivity index (χ0n) is 16.3. The molecule has 9 heteroatoms. The summed E-state index contributed by atoms with van der Waals surface area (Å²) < 4.78 is 1.01. The summed E-state index contributed by atoms with van der Waals surface area (Å²) in [6.07, 6.45) is 0. The Hall–Kier alpha value is -2.75. The second-order valence-corrected chi connectivity index (χ2v) is 9.96. The van der Waals surface area contributed by atoms with Gasteiger partial charge in [-0.25, -0.2) is 9.97 Å². The van der Waals surface area contributed by atoms with E-state index in [0.717, 1.165) is 26.0 Å². The number of nitrogens with one attached hydrogen (secondary N) is 2. The highest BCUT2D eigenvalue weighted by atomic mass is 79.9. The second kappa shape index (κ2) is 8.41. The Morgan fingerprint density at radius 2 is 1.81 bits per heavy atom. The average molecular weight is 510 g/mol. The zero-order valence-corrected chi connectivity index (χ0v) is 19.5. The van der Waals surface area contributed by atoms with Gasteiger partial charge in [0.25, 0.3) is 5.56 Å². The molecule has 3 aromatic heterocycles. The van der Waals surface area contributed by atoms with Gasteiger partial charge in [0.15, 0.2) is 5.82 Å². The average Bonchev–Trinajstić information content (AvgIpc) is 3.42. The first kappa shape index (κ1) is 20.2. The number of benzene rings is 2. The minimum Gasteiger partial charge on any atom is -0.309 e. The van der Waals surface area contributed by atoms with Crippen molar-refractivity contribution in [2.45, 2.75) is 17.3 Å². The van der Waals surface area contributed by atoms with Crippen molar-refractivity contribution in [3.05, 3.63) is 80.6 Å². The summed E-state index contributed by atoms with van der Waals surface area (Å²) >= 11 is 6.36. The van der Waals surface area contributed by atoms with Crippen LogP contribution in [0.2, 0.25) is 0 Å². The molecule has 0 fully saturated rings. The van der Waals surface area contributed by atoms with Gasteiger partial charge in [-0.15, -0.1) is 16.4 Å². The van der Waals surface area contributed by atoms with Gasteiger partial charge in [0.1, 0.15) is 10.7 Å². The van der Waals surface area contributed by atoms with Crippen LogP contribution in [0.4, 0.5) is 0 Å². The molecule has 0 spiro atoms. The third kappa shape index (κ3) is 4.08. The van der Waals surface area contributed by atoms with Crippen LogP contribution in [0.1, 0.15) is 18.0 Å². The summed E-state index contributed by atoms with van der Waals surface area (Å²) in [5.41, 5.74) is 2.75. The third-order valence-electron chi connectivity index (χ3n) is 4.80. The van der Waals surface area contributed by atoms with E-state index in [0.29, 0.717) is 22.2 Å². The van der Waals surface area contributed by atoms with Crippen LogP contribution in [0.15, 0.2) is 74.4 Å².